The van der Waals surface area contributed by atoms with E-state index in [9.17, 15) is 13.7 Å². The van der Waals surface area contributed by atoms with Crippen LogP contribution in [-0.2, 0) is 0 Å². The molecule has 0 fully saturated rings. The summed E-state index contributed by atoms with van der Waals surface area (Å²) in [6, 6.07) is 99.4. The van der Waals surface area contributed by atoms with E-state index >= 15 is 0 Å². The van der Waals surface area contributed by atoms with Crippen LogP contribution in [0.25, 0.3) is 274 Å². The average molecular weight is 1710 g/mol. The monoisotopic (exact) mass is 1710 g/mol. The molecule has 0 amide bonds. The summed E-state index contributed by atoms with van der Waals surface area (Å²) in [7, 11) is 0. The summed E-state index contributed by atoms with van der Waals surface area (Å²) in [6.45, 7) is 0. The number of hydrogen-bond donors (Lipinski definition) is 0. The fourth-order valence-electron chi connectivity index (χ4n) is 20.0. The molecule has 0 aliphatic heterocycles. The van der Waals surface area contributed by atoms with Gasteiger partial charge in [0.1, 0.15) is 33.5 Å². The molecule has 28 aromatic rings. The van der Waals surface area contributed by atoms with Crippen LogP contribution in [0.2, 0.25) is 0 Å². The Bertz CT molecular complexity index is 10900. The maximum atomic E-state index is 9.56. The molecule has 25 aromatic carbocycles. The minimum Gasteiger partial charge on any atom is -0.456 e. The lowest BCUT2D eigenvalue weighted by Crippen LogP contribution is -1.93. The van der Waals surface area contributed by atoms with Gasteiger partial charge in [0.05, 0.1) is 32.9 Å². The molecule has 618 valence electrons. The van der Waals surface area contributed by atoms with E-state index in [0.717, 1.165) is 92.6 Å². The van der Waals surface area contributed by atoms with Gasteiger partial charge in [-0.25, -0.2) is 0 Å². The highest BCUT2D eigenvalue weighted by atomic mass is 16.3. The van der Waals surface area contributed by atoms with Gasteiger partial charge in [-0.15, -0.1) is 0 Å². The summed E-state index contributed by atoms with van der Waals surface area (Å²) >= 11 is 0. The van der Waals surface area contributed by atoms with Crippen molar-refractivity contribution in [3.05, 3.63) is 485 Å². The normalized spacial score (nSPS) is 14.3. The van der Waals surface area contributed by atoms with E-state index in [1.54, 1.807) is 42.5 Å². The smallest absolute Gasteiger partial charge is 0.136 e. The van der Waals surface area contributed by atoms with Crippen LogP contribution in [0.4, 0.5) is 0 Å². The molecule has 0 radical (unpaired) electrons. The Labute approximate surface area is 800 Å². The standard InChI is InChI=1S/C48H30O.C46H28O.C36H22O/c1-3-14-31(15-4-1)35-26-36(32-16-5-2-6-17-32)28-37(27-35)46-38-20-9-11-22-40(38)47(41-23-12-10-21-39(41)46)42-24-13-25-44-48(42)43-29-33-18-7-8-19-34(33)30-45(43)49-44;1-2-13-29(14-3-1)33-25-32-17-6-7-18-34(32)40(27-33)45-37-21-10-8-19-35(37)44(36-20-9-11-22-38(36)45)39-23-12-24-42-46(39)41-26-30-15-4-5-16-31(30)28-43(41)47-42;1-2-11-23(12-3-1)34-26-15-6-8-17-28(26)35(29-18-9-7-16-27(29)34)30-19-10-20-32-36(30)31-21-24-13-4-5-14-25(24)22-33(31)37-32/h1-30H;1-28H;1-22H/i9D,10D,11D,12D,20D,21D,22D,23D;8D,9D,10D,11D,19D,20D,21D,22D;6D,7D,8D,9D,15D,16D,17D,18D. The predicted molar refractivity (Wildman–Crippen MR) is 565 cm³/mol. The second-order valence-corrected chi connectivity index (χ2v) is 33.2. The van der Waals surface area contributed by atoms with Gasteiger partial charge in [-0.05, 0) is 293 Å². The van der Waals surface area contributed by atoms with Gasteiger partial charge in [0.25, 0.3) is 0 Å². The Balaban J connectivity index is 0.000000118. The van der Waals surface area contributed by atoms with Gasteiger partial charge in [0.15, 0.2) is 0 Å². The molecule has 3 heterocycles. The Hall–Kier alpha value is -17.5. The maximum absolute atomic E-state index is 9.56. The molecule has 0 N–H and O–H groups in total. The van der Waals surface area contributed by atoms with E-state index in [1.807, 2.05) is 285 Å². The molecular formula is C130H80O3. The molecular weight excluding hydrogens is 1610 g/mol. The van der Waals surface area contributed by atoms with E-state index in [-0.39, 0.29) is 148 Å². The first-order valence-corrected chi connectivity index (χ1v) is 43.8. The zero-order chi connectivity index (χ0) is 108. The molecule has 3 nitrogen and oxygen atoms in total. The summed E-state index contributed by atoms with van der Waals surface area (Å²) in [5, 5.41) is 14.0. The van der Waals surface area contributed by atoms with Crippen molar-refractivity contribution in [1.29, 1.82) is 0 Å². The van der Waals surface area contributed by atoms with Crippen LogP contribution in [-0.4, -0.2) is 0 Å². The van der Waals surface area contributed by atoms with Crippen LogP contribution in [0.1, 0.15) is 32.9 Å². The summed E-state index contributed by atoms with van der Waals surface area (Å²) in [4.78, 5) is 0. The first-order valence-electron chi connectivity index (χ1n) is 55.8. The third-order valence-corrected chi connectivity index (χ3v) is 25.8. The molecule has 0 saturated carbocycles. The highest BCUT2D eigenvalue weighted by Crippen LogP contribution is 2.54. The molecule has 28 rings (SSSR count). The predicted octanol–water partition coefficient (Wildman–Crippen LogP) is 37.3. The van der Waals surface area contributed by atoms with Gasteiger partial charge in [-0.1, -0.05) is 400 Å². The molecule has 3 heteroatoms. The molecule has 0 bridgehead atoms. The summed E-state index contributed by atoms with van der Waals surface area (Å²) in [5.41, 5.74) is 13.9. The van der Waals surface area contributed by atoms with Crippen molar-refractivity contribution in [2.45, 2.75) is 0 Å². The first-order chi connectivity index (χ1) is 75.9. The summed E-state index contributed by atoms with van der Waals surface area (Å²) < 4.78 is 239. The van der Waals surface area contributed by atoms with Crippen LogP contribution < -0.4 is 0 Å². The third kappa shape index (κ3) is 13.0. The Morgan fingerprint density at radius 2 is 0.376 bits per heavy atom. The van der Waals surface area contributed by atoms with Gasteiger partial charge in [0.2, 0.25) is 0 Å². The summed E-state index contributed by atoms with van der Waals surface area (Å²) in [5.74, 6) is 0. The quantitative estimate of drug-likeness (QED) is 0.135. The van der Waals surface area contributed by atoms with E-state index < -0.39 is 72.5 Å². The lowest BCUT2D eigenvalue weighted by atomic mass is 9.83. The number of rotatable bonds is 9. The van der Waals surface area contributed by atoms with Gasteiger partial charge in [0, 0.05) is 32.3 Å². The molecule has 0 spiro atoms. The van der Waals surface area contributed by atoms with Gasteiger partial charge in [-0.2, -0.15) is 0 Å². The Morgan fingerprint density at radius 3 is 0.692 bits per heavy atom. The molecule has 133 heavy (non-hydrogen) atoms. The fraction of sp³-hybridized carbons (Fsp3) is 0. The SMILES string of the molecule is [2H]c1c([2H])c([2H])c2c(-c3cccc4oc5cc6ccccc6cc5c34)c3c([2H])c([2H])c([2H])c([2H])c3c(-c3cc(-c4ccccc4)cc(-c4ccccc4)c3)c2c1[2H].[2H]c1c([2H])c([2H])c2c(-c3cccc4oc5cc6ccccc6cc5c34)c3c([2H])c([2H])c([2H])c([2H])c3c(-c3cc(-c4ccccc4)cc4ccccc34)c2c1[2H].[2H]c1c([2H])c([2H])c2c(-c3cccc4oc5cc6ccccc6cc5c34)c3c([2H])c([2H])c([2H])c([2H])c3c(-c3ccccc3)c2c1[2H]. The fourth-order valence-corrected chi connectivity index (χ4v) is 20.0. The number of fused-ring (bicyclic) bond motifs is 19. The van der Waals surface area contributed by atoms with Crippen molar-refractivity contribution in [3.8, 4) is 100 Å². The van der Waals surface area contributed by atoms with Gasteiger partial charge >= 0.3 is 0 Å². The van der Waals surface area contributed by atoms with Gasteiger partial charge < -0.3 is 13.3 Å². The first kappa shape index (κ1) is 56.0. The van der Waals surface area contributed by atoms with Crippen molar-refractivity contribution < 1.29 is 46.1 Å². The van der Waals surface area contributed by atoms with E-state index in [0.29, 0.717) is 105 Å². The molecule has 0 unspecified atom stereocenters. The second-order valence-electron chi connectivity index (χ2n) is 33.2. The molecule has 0 aliphatic carbocycles. The lowest BCUT2D eigenvalue weighted by molar-refractivity contribution is 0.669. The molecule has 0 aliphatic rings. The molecule has 0 atom stereocenters. The summed E-state index contributed by atoms with van der Waals surface area (Å²) in [6.07, 6.45) is 0. The van der Waals surface area contributed by atoms with Crippen molar-refractivity contribution in [1.82, 2.24) is 0 Å². The number of furan rings is 3. The van der Waals surface area contributed by atoms with Crippen LogP contribution in [0, 0.1) is 0 Å². The van der Waals surface area contributed by atoms with Crippen molar-refractivity contribution in [2.75, 3.05) is 0 Å². The third-order valence-electron chi connectivity index (χ3n) is 25.8. The topological polar surface area (TPSA) is 39.4 Å². The van der Waals surface area contributed by atoms with E-state index in [2.05, 4.69) is 12.1 Å². The van der Waals surface area contributed by atoms with Crippen LogP contribution in [0.15, 0.2) is 498 Å². The highest BCUT2D eigenvalue weighted by molar-refractivity contribution is 6.31. The van der Waals surface area contributed by atoms with Crippen molar-refractivity contribution in [2.24, 2.45) is 0 Å². The maximum Gasteiger partial charge on any atom is 0.136 e. The largest absolute Gasteiger partial charge is 0.456 e. The number of hydrogen-bond acceptors (Lipinski definition) is 3. The zero-order valence-electron chi connectivity index (χ0n) is 94.6. The van der Waals surface area contributed by atoms with Crippen LogP contribution in [0.3, 0.4) is 0 Å². The Kier molecular flexibility index (Phi) is 13.4. The van der Waals surface area contributed by atoms with Crippen LogP contribution >= 0.6 is 0 Å². The minimum atomic E-state index is -0.446. The highest BCUT2D eigenvalue weighted by Gasteiger charge is 2.27. The average Bonchev–Trinajstić information content (AvgIpc) is 1.63. The van der Waals surface area contributed by atoms with Gasteiger partial charge in [-0.3, -0.25) is 0 Å². The van der Waals surface area contributed by atoms with E-state index in [4.69, 9.17) is 32.4 Å². The number of benzene rings is 25. The molecule has 3 aromatic heterocycles. The van der Waals surface area contributed by atoms with E-state index in [1.165, 1.54) is 0 Å². The molecule has 0 saturated heterocycles. The second kappa shape index (κ2) is 31.8. The van der Waals surface area contributed by atoms with Crippen LogP contribution in [0.5, 0.6) is 0 Å². The minimum absolute atomic E-state index is 0.155. The lowest BCUT2D eigenvalue weighted by Gasteiger charge is -2.20. The van der Waals surface area contributed by atoms with Crippen molar-refractivity contribution in [3.63, 3.8) is 0 Å². The van der Waals surface area contributed by atoms with Crippen molar-refractivity contribution >= 4 is 174 Å². The Morgan fingerprint density at radius 1 is 0.135 bits per heavy atom. The zero-order valence-corrected chi connectivity index (χ0v) is 70.6.